The monoisotopic (exact) mass is 672 g/mol. The quantitative estimate of drug-likeness (QED) is 0.147. The van der Waals surface area contributed by atoms with Gasteiger partial charge in [0.05, 0.1) is 46.5 Å². The van der Waals surface area contributed by atoms with Gasteiger partial charge >= 0.3 is 5.97 Å². The van der Waals surface area contributed by atoms with Gasteiger partial charge in [-0.05, 0) is 37.0 Å². The molecule has 222 valence electrons. The number of hydrogen-bond donors (Lipinski definition) is 1. The number of likely N-dealkylation sites (tertiary alicyclic amines) is 1. The topological polar surface area (TPSA) is 87.2 Å². The van der Waals surface area contributed by atoms with Crippen molar-refractivity contribution in [3.63, 3.8) is 0 Å². The first kappa shape index (κ1) is 30.9. The molecular weight excluding hydrogens is 640 g/mol. The van der Waals surface area contributed by atoms with Crippen molar-refractivity contribution in [2.75, 3.05) is 24.7 Å². The number of para-hydroxylation sites is 1. The third kappa shape index (κ3) is 5.02. The van der Waals surface area contributed by atoms with Crippen molar-refractivity contribution >= 4 is 62.8 Å². The fourth-order valence-corrected chi connectivity index (χ4v) is 10.8. The van der Waals surface area contributed by atoms with Gasteiger partial charge in [-0.1, -0.05) is 82.1 Å². The molecule has 3 unspecified atom stereocenters. The minimum atomic E-state index is -0.982. The predicted molar refractivity (Wildman–Crippen MR) is 170 cm³/mol. The average molecular weight is 674 g/mol. The highest BCUT2D eigenvalue weighted by atomic mass is 79.9. The lowest BCUT2D eigenvalue weighted by molar-refractivity contribution is -0.154. The number of anilines is 1. The van der Waals surface area contributed by atoms with E-state index in [0.29, 0.717) is 29.1 Å². The molecule has 3 aliphatic rings. The molecule has 2 bridgehead atoms. The number of aryl methyl sites for hydroxylation is 1. The molecule has 2 aromatic rings. The number of aliphatic hydroxyl groups excluding tert-OH is 1. The van der Waals surface area contributed by atoms with Gasteiger partial charge in [-0.15, -0.1) is 24.9 Å². The van der Waals surface area contributed by atoms with Crippen LogP contribution in [0.5, 0.6) is 0 Å². The van der Waals surface area contributed by atoms with Gasteiger partial charge in [0, 0.05) is 16.6 Å². The van der Waals surface area contributed by atoms with Crippen LogP contribution >= 0.6 is 39.3 Å². The van der Waals surface area contributed by atoms with Crippen LogP contribution in [0.4, 0.5) is 5.69 Å². The number of fused-ring (bicyclic) bond motifs is 1. The van der Waals surface area contributed by atoms with Crippen LogP contribution in [0.25, 0.3) is 0 Å². The van der Waals surface area contributed by atoms with Crippen molar-refractivity contribution in [3.05, 3.63) is 90.0 Å². The molecule has 5 rings (SSSR count). The van der Waals surface area contributed by atoms with Crippen LogP contribution in [0.15, 0.2) is 73.8 Å². The van der Waals surface area contributed by atoms with E-state index >= 15 is 0 Å². The van der Waals surface area contributed by atoms with Gasteiger partial charge in [0.2, 0.25) is 5.91 Å². The molecule has 0 aromatic heterocycles. The predicted octanol–water partition coefficient (Wildman–Crippen LogP) is 5.48. The maximum atomic E-state index is 15.0. The van der Waals surface area contributed by atoms with Crippen molar-refractivity contribution in [2.24, 2.45) is 11.8 Å². The first-order valence-electron chi connectivity index (χ1n) is 14.0. The maximum absolute atomic E-state index is 15.0. The number of nitrogens with zero attached hydrogens (tertiary/aromatic N) is 2. The zero-order valence-corrected chi connectivity index (χ0v) is 26.5. The number of carbonyl (C=O) groups is 3. The Morgan fingerprint density at radius 2 is 1.98 bits per heavy atom. The molecule has 3 aliphatic heterocycles. The highest BCUT2D eigenvalue weighted by Crippen LogP contribution is 2.68. The number of hydrogen-bond acceptors (Lipinski definition) is 6. The Labute approximate surface area is 264 Å². The Kier molecular flexibility index (Phi) is 9.23. The third-order valence-electron chi connectivity index (χ3n) is 8.53. The van der Waals surface area contributed by atoms with E-state index in [-0.39, 0.29) is 35.0 Å². The molecule has 1 spiro atoms. The van der Waals surface area contributed by atoms with E-state index in [1.165, 1.54) is 16.7 Å². The van der Waals surface area contributed by atoms with Gasteiger partial charge in [-0.2, -0.15) is 0 Å². The molecule has 42 heavy (non-hydrogen) atoms. The summed E-state index contributed by atoms with van der Waals surface area (Å²) < 4.78 is 4.69. The van der Waals surface area contributed by atoms with Crippen molar-refractivity contribution in [2.45, 2.75) is 46.7 Å². The van der Waals surface area contributed by atoms with Gasteiger partial charge in [-0.25, -0.2) is 0 Å². The number of aliphatic hydroxyl groups is 1. The van der Waals surface area contributed by atoms with E-state index in [1.807, 2.05) is 49.4 Å². The van der Waals surface area contributed by atoms with Crippen molar-refractivity contribution in [1.29, 1.82) is 0 Å². The zero-order chi connectivity index (χ0) is 30.2. The second kappa shape index (κ2) is 12.6. The van der Waals surface area contributed by atoms with Crippen LogP contribution in [0.1, 0.15) is 30.0 Å². The summed E-state index contributed by atoms with van der Waals surface area (Å²) in [7, 11) is 0. The highest BCUT2D eigenvalue weighted by Gasteiger charge is 2.77. The number of benzene rings is 2. The molecule has 1 N–H and O–H groups in total. The van der Waals surface area contributed by atoms with Gasteiger partial charge in [0.1, 0.15) is 6.04 Å². The Bertz CT molecular complexity index is 1370. The number of halogens is 2. The summed E-state index contributed by atoms with van der Waals surface area (Å²) in [6.45, 7) is 9.39. The van der Waals surface area contributed by atoms with Crippen LogP contribution in [0.2, 0.25) is 5.02 Å². The number of alkyl halides is 1. The fourth-order valence-electron chi connectivity index (χ4n) is 6.85. The van der Waals surface area contributed by atoms with E-state index in [2.05, 4.69) is 29.1 Å². The molecule has 0 saturated carbocycles. The van der Waals surface area contributed by atoms with Crippen molar-refractivity contribution < 1.29 is 24.2 Å². The lowest BCUT2D eigenvalue weighted by atomic mass is 9.71. The first-order valence-corrected chi connectivity index (χ1v) is 16.1. The summed E-state index contributed by atoms with van der Waals surface area (Å²) in [5.74, 6) is -2.63. The highest BCUT2D eigenvalue weighted by molar-refractivity contribution is 9.09. The van der Waals surface area contributed by atoms with Crippen molar-refractivity contribution in [3.8, 4) is 0 Å². The summed E-state index contributed by atoms with van der Waals surface area (Å²) in [6.07, 6.45) is 4.30. The van der Waals surface area contributed by atoms with E-state index in [1.54, 1.807) is 23.1 Å². The van der Waals surface area contributed by atoms with E-state index in [9.17, 15) is 19.5 Å². The van der Waals surface area contributed by atoms with Gasteiger partial charge in [0.25, 0.3) is 5.91 Å². The molecule has 3 saturated heterocycles. The number of ether oxygens (including phenoxy) is 1. The van der Waals surface area contributed by atoms with E-state index in [0.717, 1.165) is 5.56 Å². The fraction of sp³-hybridized carbons (Fsp3) is 0.406. The largest absolute Gasteiger partial charge is 0.465 e. The Morgan fingerprint density at radius 3 is 2.62 bits per heavy atom. The minimum absolute atomic E-state index is 0.113. The molecule has 3 fully saturated rings. The third-order valence-corrected chi connectivity index (χ3v) is 12.1. The Balaban J connectivity index is 1.66. The smallest absolute Gasteiger partial charge is 0.310 e. The van der Waals surface area contributed by atoms with E-state index < -0.39 is 41.2 Å². The summed E-state index contributed by atoms with van der Waals surface area (Å²) in [4.78, 5) is 46.1. The molecule has 0 radical (unpaired) electrons. The van der Waals surface area contributed by atoms with Crippen LogP contribution in [0.3, 0.4) is 0 Å². The van der Waals surface area contributed by atoms with Crippen LogP contribution in [-0.4, -0.2) is 68.4 Å². The lowest BCUT2D eigenvalue weighted by Gasteiger charge is -2.40. The molecular formula is C32H34BrClN2O5S. The summed E-state index contributed by atoms with van der Waals surface area (Å²) in [5, 5.41) is 10.9. The number of esters is 1. The number of carbonyl (C=O) groups excluding carboxylic acids is 3. The molecule has 7 atom stereocenters. The lowest BCUT2D eigenvalue weighted by Crippen LogP contribution is -2.56. The number of thioether (sulfide) groups is 1. The molecule has 2 aromatic carbocycles. The van der Waals surface area contributed by atoms with Crippen LogP contribution in [0, 0.1) is 18.8 Å². The van der Waals surface area contributed by atoms with Gasteiger partial charge in [-0.3, -0.25) is 14.4 Å². The normalized spacial score (nSPS) is 28.3. The summed E-state index contributed by atoms with van der Waals surface area (Å²) in [6, 6.07) is 12.8. The minimum Gasteiger partial charge on any atom is -0.465 e. The number of rotatable bonds is 11. The van der Waals surface area contributed by atoms with Crippen LogP contribution < -0.4 is 4.90 Å². The van der Waals surface area contributed by atoms with Gasteiger partial charge < -0.3 is 19.6 Å². The standard InChI is InChI=1S/C32H34BrClN2O5S/c1-4-6-16-41-31(40)24-25-29(38)36(23(18-37)20-12-8-7-9-13-20)28(32(25)17-21(33)27(24)42-32)30(39)35(15-5-2)26-19(3)11-10-14-22(26)34/h4-5,7-14,21,23-25,27-28,37H,1-2,6,15-18H2,3H3/t21?,23-,24-,25+,27-,28?,32?/m1/s1. The van der Waals surface area contributed by atoms with Crippen molar-refractivity contribution in [1.82, 2.24) is 4.90 Å². The van der Waals surface area contributed by atoms with E-state index in [4.69, 9.17) is 16.3 Å². The molecule has 0 aliphatic carbocycles. The zero-order valence-electron chi connectivity index (χ0n) is 23.3. The molecule has 3 heterocycles. The summed E-state index contributed by atoms with van der Waals surface area (Å²) >= 11 is 12.0. The molecule has 10 heteroatoms. The Hall–Kier alpha value is -2.59. The molecule has 2 amide bonds. The van der Waals surface area contributed by atoms with Gasteiger partial charge in [0.15, 0.2) is 0 Å². The Morgan fingerprint density at radius 1 is 1.24 bits per heavy atom. The van der Waals surface area contributed by atoms with Crippen LogP contribution in [-0.2, 0) is 19.1 Å². The number of amides is 2. The maximum Gasteiger partial charge on any atom is 0.310 e. The summed E-state index contributed by atoms with van der Waals surface area (Å²) in [5.41, 5.74) is 2.05. The average Bonchev–Trinajstić information content (AvgIpc) is 3.57. The molecule has 7 nitrogen and oxygen atoms in total. The first-order chi connectivity index (χ1) is 20.2. The second-order valence-electron chi connectivity index (χ2n) is 10.9. The second-order valence-corrected chi connectivity index (χ2v) is 14.0. The SMILES string of the molecule is C=CCCOC(=O)[C@H]1[C@@H]2SC3(CC2Br)C(C(=O)N(CC=C)c2c(C)cccc2Cl)N([C@H](CO)c2ccccc2)C(=O)[C@H]13.